The number of nitrogens with two attached hydrogens (primary N) is 1. The number of amides is 1. The predicted molar refractivity (Wildman–Crippen MR) is 140 cm³/mol. The number of benzene rings is 2. The fourth-order valence-electron chi connectivity index (χ4n) is 3.90. The Morgan fingerprint density at radius 1 is 1.11 bits per heavy atom. The van der Waals surface area contributed by atoms with Crippen molar-refractivity contribution in [1.29, 1.82) is 0 Å². The first-order valence-corrected chi connectivity index (χ1v) is 11.6. The van der Waals surface area contributed by atoms with E-state index in [0.29, 0.717) is 23.7 Å². The van der Waals surface area contributed by atoms with Gasteiger partial charge in [-0.3, -0.25) is 4.79 Å². The van der Waals surface area contributed by atoms with E-state index in [1.54, 1.807) is 12.3 Å². The quantitative estimate of drug-likeness (QED) is 0.391. The summed E-state index contributed by atoms with van der Waals surface area (Å²) in [6.07, 6.45) is 1.71. The topological polar surface area (TPSA) is 93.4 Å². The lowest BCUT2D eigenvalue weighted by atomic mass is 9.99. The number of ether oxygens (including phenoxy) is 1. The number of nitrogens with zero attached hydrogens (tertiary/aromatic N) is 3. The van der Waals surface area contributed by atoms with E-state index in [-0.39, 0.29) is 11.9 Å². The van der Waals surface area contributed by atoms with Gasteiger partial charge in [-0.05, 0) is 75.5 Å². The Labute approximate surface area is 206 Å². The molecule has 7 nitrogen and oxygen atoms in total. The highest BCUT2D eigenvalue weighted by molar-refractivity contribution is 5.96. The lowest BCUT2D eigenvalue weighted by Crippen LogP contribution is -2.27. The number of fused-ring (bicyclic) bond motifs is 1. The van der Waals surface area contributed by atoms with Crippen molar-refractivity contribution in [3.63, 3.8) is 0 Å². The minimum Gasteiger partial charge on any atom is -0.492 e. The second-order valence-electron chi connectivity index (χ2n) is 8.91. The third-order valence-corrected chi connectivity index (χ3v) is 5.91. The number of hydrogen-bond donors (Lipinski definition) is 2. The molecule has 180 valence electrons. The summed E-state index contributed by atoms with van der Waals surface area (Å²) >= 11 is 0. The zero-order valence-electron chi connectivity index (χ0n) is 20.6. The van der Waals surface area contributed by atoms with Crippen LogP contribution >= 0.6 is 0 Å². The molecule has 0 fully saturated rings. The van der Waals surface area contributed by atoms with E-state index < -0.39 is 0 Å². The fraction of sp³-hybridized carbons (Fsp3) is 0.250. The number of pyridine rings is 2. The van der Waals surface area contributed by atoms with Crippen molar-refractivity contribution >= 4 is 22.6 Å². The molecule has 2 aromatic carbocycles. The molecule has 7 heteroatoms. The van der Waals surface area contributed by atoms with E-state index in [9.17, 15) is 4.79 Å². The number of aryl methyl sites for hydroxylation is 1. The van der Waals surface area contributed by atoms with Crippen LogP contribution in [0.4, 0.5) is 5.82 Å². The van der Waals surface area contributed by atoms with Crippen LogP contribution in [0.2, 0.25) is 0 Å². The average molecular weight is 470 g/mol. The van der Waals surface area contributed by atoms with Crippen LogP contribution < -0.4 is 15.8 Å². The van der Waals surface area contributed by atoms with Crippen LogP contribution in [-0.4, -0.2) is 48.0 Å². The summed E-state index contributed by atoms with van der Waals surface area (Å²) in [5.41, 5.74) is 10.7. The second kappa shape index (κ2) is 10.5. The van der Waals surface area contributed by atoms with Crippen molar-refractivity contribution in [1.82, 2.24) is 20.2 Å². The monoisotopic (exact) mass is 469 g/mol. The minimum atomic E-state index is -0.256. The Bertz CT molecular complexity index is 1340. The molecule has 0 unspecified atom stereocenters. The van der Waals surface area contributed by atoms with E-state index in [2.05, 4.69) is 15.2 Å². The fourth-order valence-corrected chi connectivity index (χ4v) is 3.90. The summed E-state index contributed by atoms with van der Waals surface area (Å²) < 4.78 is 5.84. The number of carbonyl (C=O) groups excluding carboxylic acids is 1. The van der Waals surface area contributed by atoms with Crippen LogP contribution in [0.15, 0.2) is 66.9 Å². The highest BCUT2D eigenvalue weighted by Gasteiger charge is 2.18. The van der Waals surface area contributed by atoms with E-state index in [0.717, 1.165) is 39.8 Å². The number of rotatable bonds is 8. The normalized spacial score (nSPS) is 12.0. The summed E-state index contributed by atoms with van der Waals surface area (Å²) in [6, 6.07) is 19.0. The van der Waals surface area contributed by atoms with Crippen molar-refractivity contribution in [2.24, 2.45) is 0 Å². The molecular formula is C28H31N5O2. The molecule has 0 aliphatic heterocycles. The average Bonchev–Trinajstić information content (AvgIpc) is 2.84. The first-order chi connectivity index (χ1) is 16.8. The van der Waals surface area contributed by atoms with Gasteiger partial charge in [-0.1, -0.05) is 24.3 Å². The molecule has 0 saturated heterocycles. The van der Waals surface area contributed by atoms with Crippen molar-refractivity contribution in [2.75, 3.05) is 33.0 Å². The van der Waals surface area contributed by atoms with Gasteiger partial charge in [0.05, 0.1) is 17.3 Å². The maximum Gasteiger partial charge on any atom is 0.252 e. The Morgan fingerprint density at radius 2 is 1.91 bits per heavy atom. The lowest BCUT2D eigenvalue weighted by Gasteiger charge is -2.19. The Hall–Kier alpha value is -3.97. The zero-order valence-corrected chi connectivity index (χ0v) is 20.6. The number of anilines is 1. The molecule has 1 atom stereocenters. The molecule has 4 aromatic rings. The summed E-state index contributed by atoms with van der Waals surface area (Å²) in [6.45, 7) is 5.27. The van der Waals surface area contributed by atoms with E-state index in [4.69, 9.17) is 15.5 Å². The largest absolute Gasteiger partial charge is 0.492 e. The number of nitrogens with one attached hydrogen (secondary N) is 1. The Balaban J connectivity index is 1.61. The van der Waals surface area contributed by atoms with Crippen molar-refractivity contribution in [3.8, 4) is 17.0 Å². The van der Waals surface area contributed by atoms with Crippen LogP contribution in [-0.2, 0) is 0 Å². The molecule has 1 amide bonds. The third-order valence-electron chi connectivity index (χ3n) is 5.91. The first kappa shape index (κ1) is 24.2. The number of nitrogen functional groups attached to an aromatic ring is 1. The highest BCUT2D eigenvalue weighted by Crippen LogP contribution is 2.29. The Morgan fingerprint density at radius 3 is 2.66 bits per heavy atom. The molecule has 0 radical (unpaired) electrons. The Kier molecular flexibility index (Phi) is 7.27. The van der Waals surface area contributed by atoms with Gasteiger partial charge in [-0.2, -0.15) is 0 Å². The van der Waals surface area contributed by atoms with Gasteiger partial charge in [0.2, 0.25) is 0 Å². The summed E-state index contributed by atoms with van der Waals surface area (Å²) in [4.78, 5) is 24.4. The van der Waals surface area contributed by atoms with Crippen molar-refractivity contribution < 1.29 is 9.53 Å². The van der Waals surface area contributed by atoms with E-state index in [1.807, 2.05) is 82.5 Å². The molecule has 4 rings (SSSR count). The molecule has 0 spiro atoms. The molecule has 2 aromatic heterocycles. The molecule has 0 aliphatic rings. The lowest BCUT2D eigenvalue weighted by molar-refractivity contribution is 0.0939. The first-order valence-electron chi connectivity index (χ1n) is 11.6. The van der Waals surface area contributed by atoms with E-state index >= 15 is 0 Å². The van der Waals surface area contributed by atoms with Crippen LogP contribution in [0.5, 0.6) is 5.75 Å². The number of likely N-dealkylation sites (N-methyl/N-ethyl adjacent to an activating group) is 1. The van der Waals surface area contributed by atoms with Gasteiger partial charge in [0, 0.05) is 29.3 Å². The predicted octanol–water partition coefficient (Wildman–Crippen LogP) is 4.62. The molecule has 3 N–H and O–H groups in total. The van der Waals surface area contributed by atoms with Crippen LogP contribution in [0.25, 0.3) is 22.2 Å². The standard InChI is InChI=1S/C28H31N5O2/c1-18-9-11-21(35-14-13-33(3)4)15-23(18)28(34)31-19(2)24-16-26(20-10-12-27(29)30-17-20)32-25-8-6-5-7-22(24)25/h5-12,15-17,19H,13-14H2,1-4H3,(H2,29,30)(H,31,34)/t19-/m1/s1. The van der Waals surface area contributed by atoms with Crippen molar-refractivity contribution in [3.05, 3.63) is 83.6 Å². The molecule has 0 aliphatic carbocycles. The van der Waals surface area contributed by atoms with Gasteiger partial charge in [0.25, 0.3) is 5.91 Å². The van der Waals surface area contributed by atoms with Crippen molar-refractivity contribution in [2.45, 2.75) is 19.9 Å². The second-order valence-corrected chi connectivity index (χ2v) is 8.91. The van der Waals surface area contributed by atoms with E-state index in [1.165, 1.54) is 0 Å². The summed E-state index contributed by atoms with van der Waals surface area (Å²) in [7, 11) is 3.99. The molecular weight excluding hydrogens is 438 g/mol. The third kappa shape index (κ3) is 5.75. The molecule has 0 bridgehead atoms. The molecule has 0 saturated carbocycles. The number of para-hydroxylation sites is 1. The maximum atomic E-state index is 13.3. The highest BCUT2D eigenvalue weighted by atomic mass is 16.5. The minimum absolute atomic E-state index is 0.148. The van der Waals surface area contributed by atoms with Gasteiger partial charge in [0.1, 0.15) is 18.2 Å². The van der Waals surface area contributed by atoms with Crippen LogP contribution in [0, 0.1) is 6.92 Å². The smallest absolute Gasteiger partial charge is 0.252 e. The SMILES string of the molecule is Cc1ccc(OCCN(C)C)cc1C(=O)N[C@H](C)c1cc(-c2ccc(N)nc2)nc2ccccc12. The van der Waals surface area contributed by atoms with Gasteiger partial charge < -0.3 is 20.7 Å². The van der Waals surface area contributed by atoms with Gasteiger partial charge in [-0.25, -0.2) is 9.97 Å². The molecule has 2 heterocycles. The number of aromatic nitrogens is 2. The summed E-state index contributed by atoms with van der Waals surface area (Å²) in [5, 5.41) is 4.16. The van der Waals surface area contributed by atoms with Gasteiger partial charge in [0.15, 0.2) is 0 Å². The summed E-state index contributed by atoms with van der Waals surface area (Å²) in [5.74, 6) is 0.992. The van der Waals surface area contributed by atoms with Gasteiger partial charge >= 0.3 is 0 Å². The zero-order chi connectivity index (χ0) is 24.9. The van der Waals surface area contributed by atoms with Gasteiger partial charge in [-0.15, -0.1) is 0 Å². The number of carbonyl (C=O) groups is 1. The maximum absolute atomic E-state index is 13.3. The van der Waals surface area contributed by atoms with Crippen LogP contribution in [0.3, 0.4) is 0 Å². The molecule has 35 heavy (non-hydrogen) atoms. The number of hydrogen-bond acceptors (Lipinski definition) is 6. The van der Waals surface area contributed by atoms with Crippen LogP contribution in [0.1, 0.15) is 34.5 Å².